The molecule has 26 heavy (non-hydrogen) atoms. The molecule has 0 aliphatic rings. The highest BCUT2D eigenvalue weighted by Gasteiger charge is 2.16. The van der Waals surface area contributed by atoms with E-state index in [1.165, 1.54) is 11.8 Å². The number of nitrogens with one attached hydrogen (secondary N) is 1. The van der Waals surface area contributed by atoms with Crippen molar-refractivity contribution in [1.82, 2.24) is 9.97 Å². The molecule has 0 bridgehead atoms. The van der Waals surface area contributed by atoms with Gasteiger partial charge in [0.15, 0.2) is 0 Å². The summed E-state index contributed by atoms with van der Waals surface area (Å²) in [7, 11) is 1.63. The van der Waals surface area contributed by atoms with Crippen LogP contribution in [-0.4, -0.2) is 22.2 Å². The number of ether oxygens (including phenoxy) is 1. The van der Waals surface area contributed by atoms with Crippen molar-refractivity contribution in [1.29, 1.82) is 0 Å². The Morgan fingerprint density at radius 1 is 1.08 bits per heavy atom. The van der Waals surface area contributed by atoms with Crippen LogP contribution in [0.4, 0.5) is 0 Å². The first kappa shape index (κ1) is 16.8. The van der Waals surface area contributed by atoms with Gasteiger partial charge in [0.2, 0.25) is 0 Å². The van der Waals surface area contributed by atoms with Gasteiger partial charge in [0, 0.05) is 4.90 Å². The molecule has 0 atom stereocenters. The molecule has 0 saturated heterocycles. The molecule has 0 aliphatic heterocycles. The van der Waals surface area contributed by atoms with E-state index in [1.807, 2.05) is 54.6 Å². The normalized spacial score (nSPS) is 11.0. The highest BCUT2D eigenvalue weighted by atomic mass is 35.5. The smallest absolute Gasteiger partial charge is 0.143 e. The average molecular weight is 383 g/mol. The van der Waals surface area contributed by atoms with E-state index in [1.54, 1.807) is 13.2 Å². The first-order chi connectivity index (χ1) is 12.7. The van der Waals surface area contributed by atoms with Crippen molar-refractivity contribution in [3.63, 3.8) is 0 Å². The fraction of sp³-hybridized carbons (Fsp3) is 0.0500. The third kappa shape index (κ3) is 3.11. The van der Waals surface area contributed by atoms with Gasteiger partial charge in [-0.3, -0.25) is 0 Å². The molecule has 4 aromatic rings. The van der Waals surface area contributed by atoms with Crippen molar-refractivity contribution >= 4 is 34.4 Å². The number of hydrogen-bond acceptors (Lipinski definition) is 4. The molecule has 0 fully saturated rings. The zero-order valence-electron chi connectivity index (χ0n) is 13.9. The lowest BCUT2D eigenvalue weighted by Gasteiger charge is -2.10. The maximum absolute atomic E-state index is 10.6. The van der Waals surface area contributed by atoms with E-state index in [2.05, 4.69) is 9.97 Å². The number of methoxy groups -OCH3 is 1. The number of aromatic nitrogens is 2. The number of nitrogens with zero attached hydrogens (tertiary/aromatic N) is 1. The lowest BCUT2D eigenvalue weighted by atomic mass is 10.2. The molecule has 3 aromatic carbocycles. The van der Waals surface area contributed by atoms with E-state index < -0.39 is 0 Å². The van der Waals surface area contributed by atoms with Crippen molar-refractivity contribution in [2.45, 2.75) is 9.79 Å². The second-order valence-electron chi connectivity index (χ2n) is 5.65. The Balaban J connectivity index is 1.73. The van der Waals surface area contributed by atoms with E-state index in [0.29, 0.717) is 16.4 Å². The SMILES string of the molecule is COc1ccccc1Sc1cc(O)c(-c2nc3ccccc3[nH]2)c(Cl)c1. The van der Waals surface area contributed by atoms with Crippen LogP contribution >= 0.6 is 23.4 Å². The predicted octanol–water partition coefficient (Wildman–Crippen LogP) is 5.75. The van der Waals surface area contributed by atoms with E-state index >= 15 is 0 Å². The summed E-state index contributed by atoms with van der Waals surface area (Å²) in [5.74, 6) is 1.39. The van der Waals surface area contributed by atoms with Gasteiger partial charge >= 0.3 is 0 Å². The van der Waals surface area contributed by atoms with Gasteiger partial charge in [-0.2, -0.15) is 0 Å². The van der Waals surface area contributed by atoms with Crippen LogP contribution < -0.4 is 4.74 Å². The predicted molar refractivity (Wildman–Crippen MR) is 105 cm³/mol. The summed E-state index contributed by atoms with van der Waals surface area (Å²) in [6.07, 6.45) is 0. The number of benzene rings is 3. The number of halogens is 1. The number of H-pyrrole nitrogens is 1. The quantitative estimate of drug-likeness (QED) is 0.472. The first-order valence-electron chi connectivity index (χ1n) is 7.94. The van der Waals surface area contributed by atoms with Crippen molar-refractivity contribution in [2.75, 3.05) is 7.11 Å². The number of aromatic amines is 1. The van der Waals surface area contributed by atoms with Gasteiger partial charge in [0.05, 0.1) is 33.6 Å². The maximum atomic E-state index is 10.6. The molecule has 2 N–H and O–H groups in total. The van der Waals surface area contributed by atoms with Gasteiger partial charge in [0.1, 0.15) is 17.3 Å². The van der Waals surface area contributed by atoms with Gasteiger partial charge in [0.25, 0.3) is 0 Å². The summed E-state index contributed by atoms with van der Waals surface area (Å²) in [5, 5.41) is 11.0. The largest absolute Gasteiger partial charge is 0.507 e. The second kappa shape index (κ2) is 6.94. The molecule has 4 nitrogen and oxygen atoms in total. The van der Waals surface area contributed by atoms with Crippen molar-refractivity contribution in [2.24, 2.45) is 0 Å². The number of fused-ring (bicyclic) bond motifs is 1. The number of rotatable bonds is 4. The number of imidazole rings is 1. The molecular weight excluding hydrogens is 368 g/mol. The molecule has 6 heteroatoms. The summed E-state index contributed by atoms with van der Waals surface area (Å²) >= 11 is 7.95. The minimum atomic E-state index is 0.0777. The molecule has 130 valence electrons. The van der Waals surface area contributed by atoms with E-state index in [4.69, 9.17) is 16.3 Å². The van der Waals surface area contributed by atoms with Crippen LogP contribution in [0.3, 0.4) is 0 Å². The Hall–Kier alpha value is -2.63. The van der Waals surface area contributed by atoms with Gasteiger partial charge in [-0.05, 0) is 36.4 Å². The number of phenolic OH excluding ortho intramolecular Hbond substituents is 1. The van der Waals surface area contributed by atoms with Crippen LogP contribution in [0.2, 0.25) is 5.02 Å². The van der Waals surface area contributed by atoms with Crippen LogP contribution in [0.5, 0.6) is 11.5 Å². The van der Waals surface area contributed by atoms with Gasteiger partial charge in [-0.1, -0.05) is 47.6 Å². The van der Waals surface area contributed by atoms with Crippen LogP contribution in [0.1, 0.15) is 0 Å². The Morgan fingerprint density at radius 2 is 1.85 bits per heavy atom. The molecule has 1 heterocycles. The number of aromatic hydroxyl groups is 1. The van der Waals surface area contributed by atoms with Crippen LogP contribution in [0, 0.1) is 0 Å². The molecule has 1 aromatic heterocycles. The molecule has 0 unspecified atom stereocenters. The maximum Gasteiger partial charge on any atom is 0.143 e. The summed E-state index contributed by atoms with van der Waals surface area (Å²) < 4.78 is 5.37. The minimum absolute atomic E-state index is 0.0777. The van der Waals surface area contributed by atoms with Crippen molar-refractivity contribution in [3.8, 4) is 22.9 Å². The fourth-order valence-electron chi connectivity index (χ4n) is 2.76. The third-order valence-electron chi connectivity index (χ3n) is 3.97. The Morgan fingerprint density at radius 3 is 2.62 bits per heavy atom. The number of para-hydroxylation sites is 3. The van der Waals surface area contributed by atoms with Crippen LogP contribution in [0.15, 0.2) is 70.5 Å². The summed E-state index contributed by atoms with van der Waals surface area (Å²) in [6, 6.07) is 18.9. The standard InChI is InChI=1S/C20H15ClN2O2S/c1-25-17-8-4-5-9-18(17)26-12-10-13(21)19(16(24)11-12)20-22-14-6-2-3-7-15(14)23-20/h2-11,24H,1H3,(H,22,23). The average Bonchev–Trinajstić information content (AvgIpc) is 3.05. The molecule has 0 saturated carbocycles. The van der Waals surface area contributed by atoms with Gasteiger partial charge in [-0.15, -0.1) is 0 Å². The van der Waals surface area contributed by atoms with E-state index in [-0.39, 0.29) is 5.75 Å². The molecule has 0 radical (unpaired) electrons. The Kier molecular flexibility index (Phi) is 4.49. The molecule has 0 spiro atoms. The summed E-state index contributed by atoms with van der Waals surface area (Å²) in [4.78, 5) is 9.48. The van der Waals surface area contributed by atoms with Crippen molar-refractivity contribution < 1.29 is 9.84 Å². The molecule has 0 amide bonds. The lowest BCUT2D eigenvalue weighted by molar-refractivity contribution is 0.405. The number of phenols is 1. The Bertz CT molecular complexity index is 1040. The lowest BCUT2D eigenvalue weighted by Crippen LogP contribution is -1.87. The van der Waals surface area contributed by atoms with Crippen molar-refractivity contribution in [3.05, 3.63) is 65.7 Å². The zero-order valence-corrected chi connectivity index (χ0v) is 15.4. The van der Waals surface area contributed by atoms with Crippen LogP contribution in [0.25, 0.3) is 22.4 Å². The number of hydrogen-bond donors (Lipinski definition) is 2. The monoisotopic (exact) mass is 382 g/mol. The molecular formula is C20H15ClN2O2S. The van der Waals surface area contributed by atoms with E-state index in [0.717, 1.165) is 26.6 Å². The third-order valence-corrected chi connectivity index (χ3v) is 5.29. The highest BCUT2D eigenvalue weighted by molar-refractivity contribution is 7.99. The molecule has 0 aliphatic carbocycles. The first-order valence-corrected chi connectivity index (χ1v) is 9.13. The summed E-state index contributed by atoms with van der Waals surface area (Å²) in [5.41, 5.74) is 2.21. The minimum Gasteiger partial charge on any atom is -0.507 e. The Labute approximate surface area is 159 Å². The van der Waals surface area contributed by atoms with E-state index in [9.17, 15) is 5.11 Å². The molecule has 4 rings (SSSR count). The highest BCUT2D eigenvalue weighted by Crippen LogP contribution is 2.42. The zero-order chi connectivity index (χ0) is 18.1. The summed E-state index contributed by atoms with van der Waals surface area (Å²) in [6.45, 7) is 0. The second-order valence-corrected chi connectivity index (χ2v) is 7.18. The fourth-order valence-corrected chi connectivity index (χ4v) is 4.13. The topological polar surface area (TPSA) is 58.1 Å². The van der Waals surface area contributed by atoms with Gasteiger partial charge < -0.3 is 14.8 Å². The van der Waals surface area contributed by atoms with Gasteiger partial charge in [-0.25, -0.2) is 4.98 Å². The van der Waals surface area contributed by atoms with Crippen LogP contribution in [-0.2, 0) is 0 Å².